The number of nitrogens with one attached hydrogen (secondary N) is 1. The van der Waals surface area contributed by atoms with Gasteiger partial charge in [-0.1, -0.05) is 12.1 Å². The number of carbonyl (C=O) groups is 1. The van der Waals surface area contributed by atoms with Gasteiger partial charge in [0.1, 0.15) is 5.75 Å². The average Bonchev–Trinajstić information content (AvgIpc) is 2.94. The molecule has 1 aliphatic rings. The van der Waals surface area contributed by atoms with E-state index in [1.165, 1.54) is 0 Å². The van der Waals surface area contributed by atoms with E-state index in [2.05, 4.69) is 10.5 Å². The molecule has 0 saturated carbocycles. The van der Waals surface area contributed by atoms with Crippen LogP contribution >= 0.6 is 0 Å². The molecule has 0 fully saturated rings. The second-order valence-electron chi connectivity index (χ2n) is 4.36. The van der Waals surface area contributed by atoms with Crippen LogP contribution in [0.15, 0.2) is 29.4 Å². The van der Waals surface area contributed by atoms with Gasteiger partial charge in [-0.05, 0) is 36.2 Å². The van der Waals surface area contributed by atoms with Gasteiger partial charge in [0.15, 0.2) is 0 Å². The van der Waals surface area contributed by atoms with Gasteiger partial charge in [-0.2, -0.15) is 0 Å². The highest BCUT2D eigenvalue weighted by atomic mass is 16.6. The lowest BCUT2D eigenvalue weighted by Crippen LogP contribution is -2.35. The van der Waals surface area contributed by atoms with Crippen LogP contribution in [-0.4, -0.2) is 31.4 Å². The van der Waals surface area contributed by atoms with E-state index >= 15 is 0 Å². The lowest BCUT2D eigenvalue weighted by atomic mass is 10.0. The normalized spacial score (nSPS) is 17.6. The molecule has 19 heavy (non-hydrogen) atoms. The standard InChI is InChI=1S/C14H18N2O3/c1-3-8-15-14(17)13-9-12(16-19-13)10-4-6-11(18-2)7-5-10/h4-7,13H,3,8-9H2,1-2H3,(H,15,17)/t13-/m0/s1. The summed E-state index contributed by atoms with van der Waals surface area (Å²) < 4.78 is 5.10. The topological polar surface area (TPSA) is 59.9 Å². The smallest absolute Gasteiger partial charge is 0.264 e. The zero-order valence-electron chi connectivity index (χ0n) is 11.2. The second kappa shape index (κ2) is 6.22. The Kier molecular flexibility index (Phi) is 4.39. The van der Waals surface area contributed by atoms with Crippen molar-refractivity contribution in [3.63, 3.8) is 0 Å². The fourth-order valence-corrected chi connectivity index (χ4v) is 1.83. The summed E-state index contributed by atoms with van der Waals surface area (Å²) in [5.74, 6) is 0.689. The van der Waals surface area contributed by atoms with E-state index in [0.717, 1.165) is 23.4 Å². The quantitative estimate of drug-likeness (QED) is 0.878. The number of nitrogens with zero attached hydrogens (tertiary/aromatic N) is 1. The molecule has 102 valence electrons. The Morgan fingerprint density at radius 3 is 2.84 bits per heavy atom. The van der Waals surface area contributed by atoms with Gasteiger partial charge in [-0.15, -0.1) is 0 Å². The van der Waals surface area contributed by atoms with Crippen molar-refractivity contribution in [2.45, 2.75) is 25.9 Å². The van der Waals surface area contributed by atoms with Gasteiger partial charge in [0, 0.05) is 13.0 Å². The number of oxime groups is 1. The van der Waals surface area contributed by atoms with Crippen LogP contribution in [0.2, 0.25) is 0 Å². The summed E-state index contributed by atoms with van der Waals surface area (Å²) in [5.41, 5.74) is 1.74. The van der Waals surface area contributed by atoms with Gasteiger partial charge in [-0.25, -0.2) is 0 Å². The van der Waals surface area contributed by atoms with Gasteiger partial charge in [0.25, 0.3) is 5.91 Å². The lowest BCUT2D eigenvalue weighted by molar-refractivity contribution is -0.131. The molecule has 1 atom stereocenters. The molecular weight excluding hydrogens is 244 g/mol. The number of ether oxygens (including phenoxy) is 1. The third-order valence-corrected chi connectivity index (χ3v) is 2.93. The average molecular weight is 262 g/mol. The molecule has 0 bridgehead atoms. The number of hydrogen-bond donors (Lipinski definition) is 1. The van der Waals surface area contributed by atoms with E-state index in [1.54, 1.807) is 7.11 Å². The molecule has 1 N–H and O–H groups in total. The van der Waals surface area contributed by atoms with Crippen LogP contribution in [-0.2, 0) is 9.63 Å². The van der Waals surface area contributed by atoms with Crippen LogP contribution in [0.3, 0.4) is 0 Å². The number of amides is 1. The van der Waals surface area contributed by atoms with Crippen LogP contribution < -0.4 is 10.1 Å². The first-order valence-electron chi connectivity index (χ1n) is 6.39. The molecule has 0 spiro atoms. The summed E-state index contributed by atoms with van der Waals surface area (Å²) in [6.07, 6.45) is 0.899. The summed E-state index contributed by atoms with van der Waals surface area (Å²) in [4.78, 5) is 16.9. The highest BCUT2D eigenvalue weighted by Crippen LogP contribution is 2.19. The van der Waals surface area contributed by atoms with E-state index in [-0.39, 0.29) is 5.91 Å². The molecule has 0 saturated heterocycles. The predicted octanol–water partition coefficient (Wildman–Crippen LogP) is 1.71. The maximum Gasteiger partial charge on any atom is 0.264 e. The zero-order chi connectivity index (χ0) is 13.7. The van der Waals surface area contributed by atoms with Crippen molar-refractivity contribution in [1.82, 2.24) is 5.32 Å². The highest BCUT2D eigenvalue weighted by molar-refractivity contribution is 6.04. The molecule has 0 unspecified atom stereocenters. The molecule has 5 heteroatoms. The van der Waals surface area contributed by atoms with E-state index in [4.69, 9.17) is 9.57 Å². The van der Waals surface area contributed by atoms with E-state index in [9.17, 15) is 4.79 Å². The molecule has 0 radical (unpaired) electrons. The van der Waals surface area contributed by atoms with Crippen LogP contribution in [0.25, 0.3) is 0 Å². The molecule has 0 aromatic heterocycles. The first-order chi connectivity index (χ1) is 9.24. The summed E-state index contributed by atoms with van der Waals surface area (Å²) in [5, 5.41) is 6.79. The van der Waals surface area contributed by atoms with E-state index in [1.807, 2.05) is 31.2 Å². The van der Waals surface area contributed by atoms with Crippen LogP contribution in [0, 0.1) is 0 Å². The SMILES string of the molecule is CCCNC(=O)[C@@H]1CC(c2ccc(OC)cc2)=NO1. The van der Waals surface area contributed by atoms with Crippen molar-refractivity contribution in [3.8, 4) is 5.75 Å². The third-order valence-electron chi connectivity index (χ3n) is 2.93. The number of benzene rings is 1. The Morgan fingerprint density at radius 2 is 2.21 bits per heavy atom. The minimum absolute atomic E-state index is 0.103. The molecule has 1 heterocycles. The first kappa shape index (κ1) is 13.4. The number of methoxy groups -OCH3 is 1. The molecule has 1 aliphatic heterocycles. The summed E-state index contributed by atoms with van der Waals surface area (Å²) >= 11 is 0. The van der Waals surface area contributed by atoms with Crippen molar-refractivity contribution in [1.29, 1.82) is 0 Å². The van der Waals surface area contributed by atoms with E-state index in [0.29, 0.717) is 13.0 Å². The Morgan fingerprint density at radius 1 is 1.47 bits per heavy atom. The molecule has 5 nitrogen and oxygen atoms in total. The Hall–Kier alpha value is -2.04. The van der Waals surface area contributed by atoms with Crippen molar-refractivity contribution in [2.24, 2.45) is 5.16 Å². The lowest BCUT2D eigenvalue weighted by Gasteiger charge is -2.08. The highest BCUT2D eigenvalue weighted by Gasteiger charge is 2.28. The Labute approximate surface area is 112 Å². The van der Waals surface area contributed by atoms with Crippen LogP contribution in [0.4, 0.5) is 0 Å². The van der Waals surface area contributed by atoms with Gasteiger partial charge in [-0.3, -0.25) is 4.79 Å². The monoisotopic (exact) mass is 262 g/mol. The predicted molar refractivity (Wildman–Crippen MR) is 72.3 cm³/mol. The minimum atomic E-state index is -0.511. The second-order valence-corrected chi connectivity index (χ2v) is 4.36. The number of rotatable bonds is 5. The van der Waals surface area contributed by atoms with Crippen LogP contribution in [0.5, 0.6) is 5.75 Å². The molecule has 1 aromatic rings. The third kappa shape index (κ3) is 3.24. The minimum Gasteiger partial charge on any atom is -0.497 e. The summed E-state index contributed by atoms with van der Waals surface area (Å²) in [6, 6.07) is 7.55. The van der Waals surface area contributed by atoms with Gasteiger partial charge in [0.2, 0.25) is 6.10 Å². The van der Waals surface area contributed by atoms with Crippen molar-refractivity contribution >= 4 is 11.6 Å². The maximum atomic E-state index is 11.8. The molecule has 2 rings (SSSR count). The molecule has 0 aliphatic carbocycles. The fraction of sp³-hybridized carbons (Fsp3) is 0.429. The summed E-state index contributed by atoms with van der Waals surface area (Å²) in [6.45, 7) is 2.67. The largest absolute Gasteiger partial charge is 0.497 e. The van der Waals surface area contributed by atoms with Gasteiger partial charge < -0.3 is 14.9 Å². The van der Waals surface area contributed by atoms with Gasteiger partial charge >= 0.3 is 0 Å². The molecule has 1 aromatic carbocycles. The molecule has 1 amide bonds. The first-order valence-corrected chi connectivity index (χ1v) is 6.39. The zero-order valence-corrected chi connectivity index (χ0v) is 11.2. The van der Waals surface area contributed by atoms with Gasteiger partial charge in [0.05, 0.1) is 12.8 Å². The van der Waals surface area contributed by atoms with Crippen molar-refractivity contribution in [2.75, 3.05) is 13.7 Å². The van der Waals surface area contributed by atoms with Crippen molar-refractivity contribution in [3.05, 3.63) is 29.8 Å². The number of carbonyl (C=O) groups excluding carboxylic acids is 1. The summed E-state index contributed by atoms with van der Waals surface area (Å²) in [7, 11) is 1.62. The molecular formula is C14H18N2O3. The van der Waals surface area contributed by atoms with Crippen molar-refractivity contribution < 1.29 is 14.4 Å². The Bertz CT molecular complexity index is 468. The fourth-order valence-electron chi connectivity index (χ4n) is 1.83. The number of hydrogen-bond acceptors (Lipinski definition) is 4. The Balaban J connectivity index is 1.95. The maximum absolute atomic E-state index is 11.8. The van der Waals surface area contributed by atoms with E-state index < -0.39 is 6.10 Å². The van der Waals surface area contributed by atoms with Crippen LogP contribution in [0.1, 0.15) is 25.3 Å².